The molecular weight excluding hydrogens is 210 g/mol. The van der Waals surface area contributed by atoms with E-state index in [1.807, 2.05) is 0 Å². The topological polar surface area (TPSA) is 34.1 Å². The molecule has 0 N–H and O–H groups in total. The summed E-state index contributed by atoms with van der Waals surface area (Å²) in [5, 5.41) is -0.396. The summed E-state index contributed by atoms with van der Waals surface area (Å²) in [6, 6.07) is 2.68. The summed E-state index contributed by atoms with van der Waals surface area (Å²) in [4.78, 5) is -0.126. The van der Waals surface area contributed by atoms with E-state index in [9.17, 15) is 17.2 Å². The van der Waals surface area contributed by atoms with Gasteiger partial charge in [-0.1, -0.05) is 0 Å². The molecule has 1 aromatic rings. The standard InChI is InChI=1S/C9H8F2O2S/c10-8-4-3-7(5-9(8)11)14(12,13)6-1-2-6/h3-6H,1-2H2. The second-order valence-electron chi connectivity index (χ2n) is 3.32. The third-order valence-electron chi connectivity index (χ3n) is 2.18. The SMILES string of the molecule is O=S(=O)(c1ccc(F)c(F)c1)C1CC1. The molecule has 2 rings (SSSR count). The Hall–Kier alpha value is -0.970. The fourth-order valence-electron chi connectivity index (χ4n) is 1.22. The minimum absolute atomic E-state index is 0.126. The van der Waals surface area contributed by atoms with E-state index in [4.69, 9.17) is 0 Å². The molecule has 2 nitrogen and oxygen atoms in total. The van der Waals surface area contributed by atoms with Crippen molar-refractivity contribution in [2.45, 2.75) is 23.0 Å². The Bertz CT molecular complexity index is 464. The van der Waals surface area contributed by atoms with Gasteiger partial charge in [-0.15, -0.1) is 0 Å². The second-order valence-corrected chi connectivity index (χ2v) is 5.55. The number of sulfone groups is 1. The molecule has 1 fully saturated rings. The van der Waals surface area contributed by atoms with Crippen LogP contribution >= 0.6 is 0 Å². The van der Waals surface area contributed by atoms with Gasteiger partial charge in [0.05, 0.1) is 10.1 Å². The van der Waals surface area contributed by atoms with E-state index in [2.05, 4.69) is 0 Å². The van der Waals surface area contributed by atoms with Crippen molar-refractivity contribution in [2.24, 2.45) is 0 Å². The van der Waals surface area contributed by atoms with Crippen molar-refractivity contribution in [3.8, 4) is 0 Å². The van der Waals surface area contributed by atoms with Gasteiger partial charge in [0.1, 0.15) is 0 Å². The van der Waals surface area contributed by atoms with Gasteiger partial charge in [-0.05, 0) is 31.0 Å². The predicted octanol–water partition coefficient (Wildman–Crippen LogP) is 1.90. The third-order valence-corrected chi connectivity index (χ3v) is 4.44. The zero-order chi connectivity index (χ0) is 10.3. The Kier molecular flexibility index (Phi) is 2.06. The zero-order valence-corrected chi connectivity index (χ0v) is 8.02. The van der Waals surface area contributed by atoms with E-state index in [-0.39, 0.29) is 4.90 Å². The molecule has 0 unspecified atom stereocenters. The molecule has 76 valence electrons. The van der Waals surface area contributed by atoms with E-state index in [0.29, 0.717) is 12.8 Å². The maximum Gasteiger partial charge on any atom is 0.181 e. The van der Waals surface area contributed by atoms with Crippen molar-refractivity contribution in [3.05, 3.63) is 29.8 Å². The first-order valence-corrected chi connectivity index (χ1v) is 5.75. The number of hydrogen-bond acceptors (Lipinski definition) is 2. The van der Waals surface area contributed by atoms with E-state index in [1.54, 1.807) is 0 Å². The highest BCUT2D eigenvalue weighted by molar-refractivity contribution is 7.92. The van der Waals surface area contributed by atoms with Crippen molar-refractivity contribution in [2.75, 3.05) is 0 Å². The Balaban J connectivity index is 2.46. The van der Waals surface area contributed by atoms with E-state index in [1.165, 1.54) is 0 Å². The van der Waals surface area contributed by atoms with Crippen LogP contribution in [0.15, 0.2) is 23.1 Å². The lowest BCUT2D eigenvalue weighted by atomic mass is 10.3. The molecular formula is C9H8F2O2S. The van der Waals surface area contributed by atoms with Crippen molar-refractivity contribution in [1.82, 2.24) is 0 Å². The monoisotopic (exact) mass is 218 g/mol. The number of benzene rings is 1. The quantitative estimate of drug-likeness (QED) is 0.710. The summed E-state index contributed by atoms with van der Waals surface area (Å²) in [7, 11) is -3.41. The molecule has 14 heavy (non-hydrogen) atoms. The van der Waals surface area contributed by atoms with Crippen molar-refractivity contribution < 1.29 is 17.2 Å². The lowest BCUT2D eigenvalue weighted by Gasteiger charge is -2.02. The fraction of sp³-hybridized carbons (Fsp3) is 0.333. The van der Waals surface area contributed by atoms with Crippen molar-refractivity contribution >= 4 is 9.84 Å². The molecule has 0 saturated heterocycles. The molecule has 0 radical (unpaired) electrons. The Morgan fingerprint density at radius 3 is 2.29 bits per heavy atom. The number of halogens is 2. The van der Waals surface area contributed by atoms with E-state index < -0.39 is 26.7 Å². The molecule has 1 aliphatic carbocycles. The molecule has 5 heteroatoms. The molecule has 1 saturated carbocycles. The van der Waals surface area contributed by atoms with E-state index >= 15 is 0 Å². The van der Waals surface area contributed by atoms with Gasteiger partial charge in [0.15, 0.2) is 21.5 Å². The smallest absolute Gasteiger partial charge is 0.181 e. The summed E-state index contributed by atoms with van der Waals surface area (Å²) in [6.45, 7) is 0. The fourth-order valence-corrected chi connectivity index (χ4v) is 2.89. The van der Waals surface area contributed by atoms with Crippen molar-refractivity contribution in [1.29, 1.82) is 0 Å². The Labute approximate surface area is 80.5 Å². The van der Waals surface area contributed by atoms with Gasteiger partial charge in [-0.2, -0.15) is 0 Å². The van der Waals surface area contributed by atoms with Crippen LogP contribution in [0.25, 0.3) is 0 Å². The summed E-state index contributed by atoms with van der Waals surface area (Å²) < 4.78 is 48.4. The van der Waals surface area contributed by atoms with Crippen LogP contribution in [-0.4, -0.2) is 13.7 Å². The first kappa shape index (κ1) is 9.58. The summed E-state index contributed by atoms with van der Waals surface area (Å²) in [6.07, 6.45) is 1.22. The molecule has 1 aliphatic rings. The predicted molar refractivity (Wildman–Crippen MR) is 46.6 cm³/mol. The van der Waals surface area contributed by atoms with E-state index in [0.717, 1.165) is 18.2 Å². The van der Waals surface area contributed by atoms with Gasteiger partial charge in [0.2, 0.25) is 0 Å². The van der Waals surface area contributed by atoms with Crippen LogP contribution in [0, 0.1) is 11.6 Å². The summed E-state index contributed by atoms with van der Waals surface area (Å²) in [5.74, 6) is -2.15. The summed E-state index contributed by atoms with van der Waals surface area (Å²) in [5.41, 5.74) is 0. The lowest BCUT2D eigenvalue weighted by molar-refractivity contribution is 0.504. The van der Waals surface area contributed by atoms with Gasteiger partial charge >= 0.3 is 0 Å². The molecule has 0 aliphatic heterocycles. The first-order valence-electron chi connectivity index (χ1n) is 4.21. The average Bonchev–Trinajstić information content (AvgIpc) is 2.92. The molecule has 0 atom stereocenters. The number of hydrogen-bond donors (Lipinski definition) is 0. The van der Waals surface area contributed by atoms with Crippen LogP contribution in [0.4, 0.5) is 8.78 Å². The lowest BCUT2D eigenvalue weighted by Crippen LogP contribution is -2.07. The normalized spacial score (nSPS) is 17.0. The maximum atomic E-state index is 12.8. The maximum absolute atomic E-state index is 12.8. The summed E-state index contributed by atoms with van der Waals surface area (Å²) >= 11 is 0. The largest absolute Gasteiger partial charge is 0.223 e. The second kappa shape index (κ2) is 3.02. The highest BCUT2D eigenvalue weighted by atomic mass is 32.2. The van der Waals surface area contributed by atoms with Crippen LogP contribution in [0.2, 0.25) is 0 Å². The first-order chi connectivity index (χ1) is 6.51. The minimum atomic E-state index is -3.41. The van der Waals surface area contributed by atoms with Crippen LogP contribution < -0.4 is 0 Å². The highest BCUT2D eigenvalue weighted by Gasteiger charge is 2.37. The molecule has 0 spiro atoms. The van der Waals surface area contributed by atoms with Crippen LogP contribution in [0.3, 0.4) is 0 Å². The highest BCUT2D eigenvalue weighted by Crippen LogP contribution is 2.33. The Morgan fingerprint density at radius 2 is 1.79 bits per heavy atom. The van der Waals surface area contributed by atoms with Gasteiger partial charge in [0.25, 0.3) is 0 Å². The van der Waals surface area contributed by atoms with Crippen molar-refractivity contribution in [3.63, 3.8) is 0 Å². The molecule has 0 heterocycles. The number of rotatable bonds is 2. The van der Waals surface area contributed by atoms with Crippen LogP contribution in [0.5, 0.6) is 0 Å². The zero-order valence-electron chi connectivity index (χ0n) is 7.20. The Morgan fingerprint density at radius 1 is 1.14 bits per heavy atom. The minimum Gasteiger partial charge on any atom is -0.223 e. The molecule has 0 amide bonds. The van der Waals surface area contributed by atoms with Gasteiger partial charge in [0, 0.05) is 0 Å². The third kappa shape index (κ3) is 1.52. The van der Waals surface area contributed by atoms with Gasteiger partial charge < -0.3 is 0 Å². The van der Waals surface area contributed by atoms with Gasteiger partial charge in [-0.25, -0.2) is 17.2 Å². The molecule has 0 bridgehead atoms. The average molecular weight is 218 g/mol. The van der Waals surface area contributed by atoms with Crippen LogP contribution in [-0.2, 0) is 9.84 Å². The van der Waals surface area contributed by atoms with Gasteiger partial charge in [-0.3, -0.25) is 0 Å². The molecule has 0 aromatic heterocycles. The van der Waals surface area contributed by atoms with Crippen LogP contribution in [0.1, 0.15) is 12.8 Å². The molecule has 1 aromatic carbocycles.